The molecule has 3 rings (SSSR count). The van der Waals surface area contributed by atoms with Crippen molar-refractivity contribution in [2.24, 2.45) is 0 Å². The number of nitrogens with one attached hydrogen (secondary N) is 2. The van der Waals surface area contributed by atoms with Crippen LogP contribution in [0.15, 0.2) is 51.1 Å². The summed E-state index contributed by atoms with van der Waals surface area (Å²) in [6, 6.07) is 6.82. The first-order valence-electron chi connectivity index (χ1n) is 7.07. The highest BCUT2D eigenvalue weighted by molar-refractivity contribution is 9.11. The SMILES string of the molecule is O=C1Nc2cc([N+](=O)[O-])ccc2NC1=CC(=O)c1cc(Br)c(O)c(Br)c1. The van der Waals surface area contributed by atoms with Crippen molar-refractivity contribution in [2.45, 2.75) is 0 Å². The van der Waals surface area contributed by atoms with Crippen LogP contribution in [0.3, 0.4) is 0 Å². The van der Waals surface area contributed by atoms with Crippen molar-refractivity contribution in [3.05, 3.63) is 66.7 Å². The van der Waals surface area contributed by atoms with E-state index in [1.807, 2.05) is 0 Å². The molecule has 0 aromatic heterocycles. The number of allylic oxidation sites excluding steroid dienone is 1. The van der Waals surface area contributed by atoms with Crippen molar-refractivity contribution in [1.82, 2.24) is 0 Å². The van der Waals surface area contributed by atoms with Gasteiger partial charge in [-0.3, -0.25) is 19.7 Å². The normalized spacial score (nSPS) is 14.4. The molecule has 1 amide bonds. The predicted octanol–water partition coefficient (Wildman–Crippen LogP) is 3.96. The van der Waals surface area contributed by atoms with E-state index in [0.717, 1.165) is 6.08 Å². The summed E-state index contributed by atoms with van der Waals surface area (Å²) < 4.78 is 0.652. The third kappa shape index (κ3) is 3.46. The molecule has 0 spiro atoms. The molecule has 1 aliphatic heterocycles. The maximum atomic E-state index is 12.4. The fourth-order valence-corrected chi connectivity index (χ4v) is 3.46. The second kappa shape index (κ2) is 6.89. The Morgan fingerprint density at radius 3 is 2.38 bits per heavy atom. The largest absolute Gasteiger partial charge is 0.506 e. The number of nitro groups is 1. The second-order valence-corrected chi connectivity index (χ2v) is 6.99. The molecule has 3 N–H and O–H groups in total. The molecule has 0 unspecified atom stereocenters. The van der Waals surface area contributed by atoms with Gasteiger partial charge in [-0.15, -0.1) is 0 Å². The van der Waals surface area contributed by atoms with Gasteiger partial charge in [0.05, 0.1) is 25.2 Å². The summed E-state index contributed by atoms with van der Waals surface area (Å²) in [6.07, 6.45) is 1.12. The van der Waals surface area contributed by atoms with Crippen molar-refractivity contribution in [1.29, 1.82) is 0 Å². The molecule has 0 atom stereocenters. The second-order valence-electron chi connectivity index (χ2n) is 5.28. The number of anilines is 2. The monoisotopic (exact) mass is 481 g/mol. The van der Waals surface area contributed by atoms with E-state index in [4.69, 9.17) is 0 Å². The Kier molecular flexibility index (Phi) is 4.79. The molecule has 132 valence electrons. The molecule has 0 radical (unpaired) electrons. The zero-order valence-corrected chi connectivity index (χ0v) is 15.9. The molecule has 26 heavy (non-hydrogen) atoms. The fourth-order valence-electron chi connectivity index (χ4n) is 2.27. The molecule has 2 aromatic rings. The van der Waals surface area contributed by atoms with Gasteiger partial charge in [0.15, 0.2) is 5.78 Å². The van der Waals surface area contributed by atoms with Gasteiger partial charge in [0.1, 0.15) is 11.4 Å². The molecular formula is C16H9Br2N3O5. The average molecular weight is 483 g/mol. The quantitative estimate of drug-likeness (QED) is 0.263. The van der Waals surface area contributed by atoms with Crippen LogP contribution in [0.25, 0.3) is 0 Å². The van der Waals surface area contributed by atoms with E-state index in [1.165, 1.54) is 30.3 Å². The van der Waals surface area contributed by atoms with Crippen LogP contribution >= 0.6 is 31.9 Å². The van der Waals surface area contributed by atoms with E-state index >= 15 is 0 Å². The number of amides is 1. The number of hydrogen-bond donors (Lipinski definition) is 3. The number of rotatable bonds is 3. The Hall–Kier alpha value is -2.72. The third-order valence-corrected chi connectivity index (χ3v) is 4.76. The number of phenolic OH excluding ortho intramolecular Hbond substituents is 1. The summed E-state index contributed by atoms with van der Waals surface area (Å²) in [6.45, 7) is 0. The molecule has 10 heteroatoms. The Bertz CT molecular complexity index is 980. The van der Waals surface area contributed by atoms with Crippen molar-refractivity contribution < 1.29 is 19.6 Å². The summed E-state index contributed by atoms with van der Waals surface area (Å²) in [5.74, 6) is -1.10. The first-order valence-corrected chi connectivity index (χ1v) is 8.65. The van der Waals surface area contributed by atoms with Gasteiger partial charge in [-0.25, -0.2) is 0 Å². The summed E-state index contributed by atoms with van der Waals surface area (Å²) >= 11 is 6.28. The van der Waals surface area contributed by atoms with Gasteiger partial charge in [0.2, 0.25) is 0 Å². The predicted molar refractivity (Wildman–Crippen MR) is 101 cm³/mol. The summed E-state index contributed by atoms with van der Waals surface area (Å²) in [7, 11) is 0. The van der Waals surface area contributed by atoms with E-state index in [0.29, 0.717) is 14.6 Å². The molecule has 2 aromatic carbocycles. The van der Waals surface area contributed by atoms with Gasteiger partial charge < -0.3 is 15.7 Å². The average Bonchev–Trinajstić information content (AvgIpc) is 2.59. The van der Waals surface area contributed by atoms with Crippen LogP contribution in [-0.4, -0.2) is 21.7 Å². The zero-order chi connectivity index (χ0) is 19.0. The molecular weight excluding hydrogens is 474 g/mol. The Morgan fingerprint density at radius 1 is 1.12 bits per heavy atom. The van der Waals surface area contributed by atoms with Gasteiger partial charge >= 0.3 is 0 Å². The zero-order valence-electron chi connectivity index (χ0n) is 12.7. The van der Waals surface area contributed by atoms with Crippen molar-refractivity contribution >= 4 is 60.6 Å². The van der Waals surface area contributed by atoms with Crippen LogP contribution in [-0.2, 0) is 4.79 Å². The van der Waals surface area contributed by atoms with Crippen LogP contribution in [0.5, 0.6) is 5.75 Å². The highest BCUT2D eigenvalue weighted by Gasteiger charge is 2.23. The smallest absolute Gasteiger partial charge is 0.272 e. The topological polar surface area (TPSA) is 122 Å². The van der Waals surface area contributed by atoms with Gasteiger partial charge in [0, 0.05) is 23.8 Å². The molecule has 0 saturated heterocycles. The van der Waals surface area contributed by atoms with Crippen molar-refractivity contribution in [3.63, 3.8) is 0 Å². The number of hydrogen-bond acceptors (Lipinski definition) is 6. The molecule has 1 aliphatic rings. The molecule has 0 saturated carbocycles. The first-order chi connectivity index (χ1) is 12.3. The number of aromatic hydroxyl groups is 1. The van der Waals surface area contributed by atoms with Crippen LogP contribution in [0.4, 0.5) is 17.1 Å². The van der Waals surface area contributed by atoms with E-state index in [9.17, 15) is 24.8 Å². The Morgan fingerprint density at radius 2 is 1.77 bits per heavy atom. The van der Waals surface area contributed by atoms with E-state index < -0.39 is 16.6 Å². The maximum absolute atomic E-state index is 12.4. The number of nitro benzene ring substituents is 1. The van der Waals surface area contributed by atoms with Crippen molar-refractivity contribution in [2.75, 3.05) is 10.6 Å². The minimum absolute atomic E-state index is 0.00308. The molecule has 0 aliphatic carbocycles. The van der Waals surface area contributed by atoms with Crippen LogP contribution < -0.4 is 10.6 Å². The number of phenols is 1. The van der Waals surface area contributed by atoms with E-state index in [2.05, 4.69) is 42.5 Å². The maximum Gasteiger partial charge on any atom is 0.272 e. The summed E-state index contributed by atoms with van der Waals surface area (Å²) in [5.41, 5.74) is 0.772. The minimum atomic E-state index is -0.594. The van der Waals surface area contributed by atoms with Crippen LogP contribution in [0.2, 0.25) is 0 Å². The lowest BCUT2D eigenvalue weighted by atomic mass is 10.1. The standard InChI is InChI=1S/C16H9Br2N3O5/c17-9-3-7(4-10(18)15(9)23)14(22)6-13-16(24)20-12-5-8(21(25)26)1-2-11(12)19-13/h1-6,19,23H,(H,20,24). The van der Waals surface area contributed by atoms with Crippen LogP contribution in [0, 0.1) is 10.1 Å². The number of carbonyl (C=O) groups is 2. The molecule has 0 fully saturated rings. The first kappa shape index (κ1) is 18.1. The van der Waals surface area contributed by atoms with Gasteiger partial charge in [-0.2, -0.15) is 0 Å². The highest BCUT2D eigenvalue weighted by atomic mass is 79.9. The number of carbonyl (C=O) groups excluding carboxylic acids is 2. The Balaban J connectivity index is 1.91. The number of halogens is 2. The molecule has 8 nitrogen and oxygen atoms in total. The number of benzene rings is 2. The lowest BCUT2D eigenvalue weighted by molar-refractivity contribution is -0.384. The van der Waals surface area contributed by atoms with Gasteiger partial charge in [-0.1, -0.05) is 0 Å². The fraction of sp³-hybridized carbons (Fsp3) is 0. The number of ketones is 1. The highest BCUT2D eigenvalue weighted by Crippen LogP contribution is 2.34. The van der Waals surface area contributed by atoms with Crippen molar-refractivity contribution in [3.8, 4) is 5.75 Å². The van der Waals surface area contributed by atoms with Gasteiger partial charge in [0.25, 0.3) is 11.6 Å². The lowest BCUT2D eigenvalue weighted by Gasteiger charge is -2.20. The van der Waals surface area contributed by atoms with Crippen LogP contribution in [0.1, 0.15) is 10.4 Å². The summed E-state index contributed by atoms with van der Waals surface area (Å²) in [5, 5.41) is 25.8. The van der Waals surface area contributed by atoms with E-state index in [1.54, 1.807) is 0 Å². The number of nitrogens with zero attached hydrogens (tertiary/aromatic N) is 1. The third-order valence-electron chi connectivity index (χ3n) is 3.55. The number of fused-ring (bicyclic) bond motifs is 1. The van der Waals surface area contributed by atoms with Gasteiger partial charge in [-0.05, 0) is 50.1 Å². The van der Waals surface area contributed by atoms with E-state index in [-0.39, 0.29) is 28.4 Å². The number of non-ortho nitro benzene ring substituents is 1. The molecule has 0 bridgehead atoms. The minimum Gasteiger partial charge on any atom is -0.506 e. The Labute approximate surface area is 163 Å². The lowest BCUT2D eigenvalue weighted by Crippen LogP contribution is -2.26. The molecule has 1 heterocycles. The summed E-state index contributed by atoms with van der Waals surface area (Å²) in [4.78, 5) is 34.8.